The maximum absolute atomic E-state index is 5.32. The molecule has 2 heterocycles. The Morgan fingerprint density at radius 2 is 0.931 bits per heavy atom. The average molecular weight is 741 g/mol. The van der Waals surface area contributed by atoms with Gasteiger partial charge < -0.3 is 4.57 Å². The summed E-state index contributed by atoms with van der Waals surface area (Å²) in [5, 5.41) is 2.45. The lowest BCUT2D eigenvalue weighted by Gasteiger charge is -2.25. The van der Waals surface area contributed by atoms with Crippen molar-refractivity contribution in [1.82, 2.24) is 9.55 Å². The van der Waals surface area contributed by atoms with Crippen molar-refractivity contribution < 1.29 is 0 Å². The van der Waals surface area contributed by atoms with E-state index >= 15 is 0 Å². The molecule has 0 saturated heterocycles. The van der Waals surface area contributed by atoms with Crippen molar-refractivity contribution in [3.05, 3.63) is 217 Å². The molecule has 11 rings (SSSR count). The van der Waals surface area contributed by atoms with Gasteiger partial charge in [0.25, 0.3) is 0 Å². The molecule has 1 aliphatic rings. The molecule has 1 aliphatic carbocycles. The number of nitrogens with zero attached hydrogens (tertiary/aromatic N) is 2. The molecule has 58 heavy (non-hydrogen) atoms. The summed E-state index contributed by atoms with van der Waals surface area (Å²) in [6.07, 6.45) is 0. The second-order valence-corrected chi connectivity index (χ2v) is 15.9. The Morgan fingerprint density at radius 3 is 1.72 bits per heavy atom. The van der Waals surface area contributed by atoms with Crippen LogP contribution in [0.5, 0.6) is 0 Å². The van der Waals surface area contributed by atoms with E-state index in [0.717, 1.165) is 39.2 Å². The summed E-state index contributed by atoms with van der Waals surface area (Å²) in [5.74, 6) is 0. The van der Waals surface area contributed by atoms with Gasteiger partial charge in [0.2, 0.25) is 0 Å². The SMILES string of the molecule is CC1(C)c2ccccc2-c2cccc(-c3ccccc3-n3c4ccccc4c4cc(-c5ccccc5-c5cc(-c6ccccc6)cc(-c6ccccc6)n5)ccc43)c21. The minimum Gasteiger partial charge on any atom is -0.309 e. The van der Waals surface area contributed by atoms with Gasteiger partial charge in [-0.3, -0.25) is 0 Å². The number of hydrogen-bond acceptors (Lipinski definition) is 1. The zero-order valence-electron chi connectivity index (χ0n) is 32.5. The van der Waals surface area contributed by atoms with Gasteiger partial charge in [0.15, 0.2) is 0 Å². The number of fused-ring (bicyclic) bond motifs is 6. The number of para-hydroxylation sites is 2. The van der Waals surface area contributed by atoms with Crippen molar-refractivity contribution in [1.29, 1.82) is 0 Å². The van der Waals surface area contributed by atoms with Gasteiger partial charge in [0.1, 0.15) is 0 Å². The van der Waals surface area contributed by atoms with E-state index in [4.69, 9.17) is 4.98 Å². The predicted octanol–water partition coefficient (Wildman–Crippen LogP) is 14.8. The molecule has 2 aromatic heterocycles. The van der Waals surface area contributed by atoms with Crippen LogP contribution in [0, 0.1) is 0 Å². The predicted molar refractivity (Wildman–Crippen MR) is 243 cm³/mol. The van der Waals surface area contributed by atoms with Gasteiger partial charge >= 0.3 is 0 Å². The highest BCUT2D eigenvalue weighted by Gasteiger charge is 2.37. The van der Waals surface area contributed by atoms with Crippen molar-refractivity contribution in [2.75, 3.05) is 0 Å². The highest BCUT2D eigenvalue weighted by Crippen LogP contribution is 2.53. The Hall–Kier alpha value is -7.29. The molecule has 0 unspecified atom stereocenters. The van der Waals surface area contributed by atoms with Crippen LogP contribution in [-0.4, -0.2) is 9.55 Å². The third-order valence-electron chi connectivity index (χ3n) is 12.2. The fraction of sp³-hybridized carbons (Fsp3) is 0.0536. The monoisotopic (exact) mass is 740 g/mol. The molecular weight excluding hydrogens is 701 g/mol. The van der Waals surface area contributed by atoms with Crippen molar-refractivity contribution in [3.8, 4) is 72.7 Å². The van der Waals surface area contributed by atoms with Gasteiger partial charge in [-0.05, 0) is 86.5 Å². The van der Waals surface area contributed by atoms with Crippen molar-refractivity contribution in [2.24, 2.45) is 0 Å². The number of benzene rings is 8. The number of pyridine rings is 1. The molecule has 0 amide bonds. The molecule has 0 aliphatic heterocycles. The van der Waals surface area contributed by atoms with E-state index in [9.17, 15) is 0 Å². The second kappa shape index (κ2) is 13.4. The van der Waals surface area contributed by atoms with Crippen LogP contribution in [0.25, 0.3) is 94.5 Å². The maximum Gasteiger partial charge on any atom is 0.0721 e. The van der Waals surface area contributed by atoms with Gasteiger partial charge in [-0.15, -0.1) is 0 Å². The molecule has 2 nitrogen and oxygen atoms in total. The first-order chi connectivity index (χ1) is 28.5. The minimum atomic E-state index is -0.129. The zero-order chi connectivity index (χ0) is 38.8. The lowest BCUT2D eigenvalue weighted by molar-refractivity contribution is 0.662. The van der Waals surface area contributed by atoms with E-state index < -0.39 is 0 Å². The van der Waals surface area contributed by atoms with Crippen LogP contribution < -0.4 is 0 Å². The van der Waals surface area contributed by atoms with Gasteiger partial charge in [0.05, 0.1) is 28.1 Å². The Kier molecular flexibility index (Phi) is 7.87. The Morgan fingerprint density at radius 1 is 0.362 bits per heavy atom. The van der Waals surface area contributed by atoms with Crippen LogP contribution in [0.2, 0.25) is 0 Å². The lowest BCUT2D eigenvalue weighted by Crippen LogP contribution is -2.16. The van der Waals surface area contributed by atoms with E-state index in [2.05, 4.69) is 225 Å². The summed E-state index contributed by atoms with van der Waals surface area (Å²) in [7, 11) is 0. The van der Waals surface area contributed by atoms with E-state index in [1.54, 1.807) is 0 Å². The molecule has 0 bridgehead atoms. The normalized spacial score (nSPS) is 12.8. The van der Waals surface area contributed by atoms with Gasteiger partial charge in [-0.2, -0.15) is 0 Å². The third kappa shape index (κ3) is 5.37. The Balaban J connectivity index is 1.09. The smallest absolute Gasteiger partial charge is 0.0721 e. The maximum atomic E-state index is 5.32. The fourth-order valence-corrected chi connectivity index (χ4v) is 9.55. The molecule has 0 N–H and O–H groups in total. The van der Waals surface area contributed by atoms with Crippen LogP contribution >= 0.6 is 0 Å². The topological polar surface area (TPSA) is 17.8 Å². The average Bonchev–Trinajstić information content (AvgIpc) is 3.74. The molecular formula is C56H40N2. The van der Waals surface area contributed by atoms with Crippen LogP contribution in [0.15, 0.2) is 206 Å². The zero-order valence-corrected chi connectivity index (χ0v) is 32.5. The van der Waals surface area contributed by atoms with Crippen molar-refractivity contribution in [3.63, 3.8) is 0 Å². The first-order valence-corrected chi connectivity index (χ1v) is 20.1. The molecule has 2 heteroatoms. The first kappa shape index (κ1) is 34.0. The molecule has 0 radical (unpaired) electrons. The van der Waals surface area contributed by atoms with Crippen molar-refractivity contribution >= 4 is 21.8 Å². The first-order valence-electron chi connectivity index (χ1n) is 20.1. The van der Waals surface area contributed by atoms with Crippen LogP contribution in [0.1, 0.15) is 25.0 Å². The quantitative estimate of drug-likeness (QED) is 0.166. The Labute approximate surface area is 339 Å². The largest absolute Gasteiger partial charge is 0.309 e. The standard InChI is InChI=1S/C56H40N2/c1-56(2)49-29-14-11-23-42(49)46-27-17-28-47(55(46)56)44-25-12-15-30-52(44)58-53-31-16-13-26-45(53)48-34-39(32-33-54(48)58)41-22-9-10-24-43(41)51-36-40(37-18-5-3-6-19-37)35-50(57-51)38-20-7-4-8-21-38/h3-36H,1-2H3. The summed E-state index contributed by atoms with van der Waals surface area (Å²) in [5.41, 5.74) is 20.1. The van der Waals surface area contributed by atoms with Gasteiger partial charge in [-0.25, -0.2) is 4.98 Å². The summed E-state index contributed by atoms with van der Waals surface area (Å²) in [6.45, 7) is 4.75. The summed E-state index contributed by atoms with van der Waals surface area (Å²) >= 11 is 0. The van der Waals surface area contributed by atoms with Crippen LogP contribution in [0.4, 0.5) is 0 Å². The molecule has 274 valence electrons. The molecule has 0 fully saturated rings. The number of aromatic nitrogens is 2. The minimum absolute atomic E-state index is 0.129. The molecule has 10 aromatic rings. The Bertz CT molecular complexity index is 3130. The molecule has 0 saturated carbocycles. The van der Waals surface area contributed by atoms with Crippen LogP contribution in [0.3, 0.4) is 0 Å². The highest BCUT2D eigenvalue weighted by molar-refractivity contribution is 6.11. The van der Waals surface area contributed by atoms with Gasteiger partial charge in [-0.1, -0.05) is 184 Å². The highest BCUT2D eigenvalue weighted by atomic mass is 15.0. The summed E-state index contributed by atoms with van der Waals surface area (Å²) in [6, 6.07) is 74.8. The van der Waals surface area contributed by atoms with Gasteiger partial charge in [0, 0.05) is 32.9 Å². The molecule has 0 spiro atoms. The summed E-state index contributed by atoms with van der Waals surface area (Å²) in [4.78, 5) is 5.32. The molecule has 0 atom stereocenters. The van der Waals surface area contributed by atoms with E-state index in [-0.39, 0.29) is 5.41 Å². The van der Waals surface area contributed by atoms with E-state index in [0.29, 0.717) is 0 Å². The van der Waals surface area contributed by atoms with E-state index in [1.165, 1.54) is 66.4 Å². The van der Waals surface area contributed by atoms with E-state index in [1.807, 2.05) is 0 Å². The molecule has 8 aromatic carbocycles. The third-order valence-corrected chi connectivity index (χ3v) is 12.2. The number of rotatable bonds is 6. The lowest BCUT2D eigenvalue weighted by atomic mass is 9.78. The van der Waals surface area contributed by atoms with Crippen molar-refractivity contribution in [2.45, 2.75) is 19.3 Å². The van der Waals surface area contributed by atoms with Crippen LogP contribution in [-0.2, 0) is 5.41 Å². The summed E-state index contributed by atoms with van der Waals surface area (Å²) < 4.78 is 2.47. The fourth-order valence-electron chi connectivity index (χ4n) is 9.55. The second-order valence-electron chi connectivity index (χ2n) is 15.9. The number of hydrogen-bond donors (Lipinski definition) is 0.